The maximum Gasteiger partial charge on any atom is 0.255 e. The van der Waals surface area contributed by atoms with E-state index < -0.39 is 11.6 Å². The smallest absolute Gasteiger partial charge is 0.255 e. The zero-order chi connectivity index (χ0) is 22.0. The molecule has 166 valence electrons. The van der Waals surface area contributed by atoms with Gasteiger partial charge >= 0.3 is 0 Å². The second kappa shape index (κ2) is 9.32. The van der Waals surface area contributed by atoms with Crippen molar-refractivity contribution in [3.63, 3.8) is 0 Å². The Morgan fingerprint density at radius 2 is 1.97 bits per heavy atom. The molecular formula is C21H25ClF2N6O. The highest BCUT2D eigenvalue weighted by molar-refractivity contribution is 6.33. The Balaban J connectivity index is 1.67. The summed E-state index contributed by atoms with van der Waals surface area (Å²) in [5.41, 5.74) is -0.153. The molecule has 31 heavy (non-hydrogen) atoms. The van der Waals surface area contributed by atoms with Crippen LogP contribution >= 0.6 is 11.6 Å². The molecule has 0 aliphatic heterocycles. The summed E-state index contributed by atoms with van der Waals surface area (Å²) >= 11 is 6.38. The van der Waals surface area contributed by atoms with Gasteiger partial charge in [0, 0.05) is 25.2 Å². The summed E-state index contributed by atoms with van der Waals surface area (Å²) in [7, 11) is 3.91. The third-order valence-electron chi connectivity index (χ3n) is 5.45. The van der Waals surface area contributed by atoms with E-state index in [1.165, 1.54) is 29.4 Å². The molecule has 1 saturated carbocycles. The number of hydrogen-bond donors (Lipinski definition) is 1. The van der Waals surface area contributed by atoms with Crippen LogP contribution < -0.4 is 10.1 Å². The number of aromatic nitrogens is 4. The minimum atomic E-state index is -0.780. The molecule has 10 heteroatoms. The Kier molecular flexibility index (Phi) is 6.52. The number of hydrogen-bond acceptors (Lipinski definition) is 6. The van der Waals surface area contributed by atoms with Crippen molar-refractivity contribution in [1.82, 2.24) is 24.5 Å². The van der Waals surface area contributed by atoms with Crippen LogP contribution in [-0.2, 0) is 0 Å². The normalized spacial score (nSPS) is 14.3. The Bertz CT molecular complexity index is 1050. The zero-order valence-corrected chi connectivity index (χ0v) is 18.3. The van der Waals surface area contributed by atoms with Crippen LogP contribution in [0.15, 0.2) is 18.5 Å². The van der Waals surface area contributed by atoms with Crippen molar-refractivity contribution < 1.29 is 13.5 Å². The van der Waals surface area contributed by atoms with E-state index in [2.05, 4.69) is 20.4 Å². The molecular weight excluding hydrogens is 426 g/mol. The molecule has 0 unspecified atom stereocenters. The molecule has 1 aromatic carbocycles. The lowest BCUT2D eigenvalue weighted by atomic mass is 9.85. The summed E-state index contributed by atoms with van der Waals surface area (Å²) in [6, 6.07) is 2.34. The van der Waals surface area contributed by atoms with Crippen molar-refractivity contribution in [2.24, 2.45) is 5.92 Å². The number of anilines is 1. The number of nitrogens with one attached hydrogen (secondary N) is 1. The van der Waals surface area contributed by atoms with E-state index in [0.29, 0.717) is 24.9 Å². The van der Waals surface area contributed by atoms with E-state index in [4.69, 9.17) is 16.3 Å². The third-order valence-corrected chi connectivity index (χ3v) is 5.72. The molecule has 2 heterocycles. The Morgan fingerprint density at radius 1 is 1.23 bits per heavy atom. The molecule has 7 nitrogen and oxygen atoms in total. The van der Waals surface area contributed by atoms with Crippen molar-refractivity contribution >= 4 is 23.2 Å². The highest BCUT2D eigenvalue weighted by Crippen LogP contribution is 2.39. The molecule has 0 bridgehead atoms. The second-order valence-corrected chi connectivity index (χ2v) is 8.40. The van der Waals surface area contributed by atoms with E-state index in [0.717, 1.165) is 25.8 Å². The van der Waals surface area contributed by atoms with E-state index in [1.54, 1.807) is 0 Å². The van der Waals surface area contributed by atoms with Gasteiger partial charge in [-0.3, -0.25) is 0 Å². The number of rotatable bonds is 9. The number of benzene rings is 1. The molecule has 1 aliphatic rings. The van der Waals surface area contributed by atoms with Crippen molar-refractivity contribution in [1.29, 1.82) is 0 Å². The molecule has 0 radical (unpaired) electrons. The summed E-state index contributed by atoms with van der Waals surface area (Å²) in [4.78, 5) is 10.2. The lowest BCUT2D eigenvalue weighted by molar-refractivity contribution is 0.279. The Morgan fingerprint density at radius 3 is 2.61 bits per heavy atom. The fourth-order valence-corrected chi connectivity index (χ4v) is 3.84. The van der Waals surface area contributed by atoms with Gasteiger partial charge in [-0.05, 0) is 39.3 Å². The van der Waals surface area contributed by atoms with E-state index in [-0.39, 0.29) is 27.8 Å². The van der Waals surface area contributed by atoms with E-state index >= 15 is 8.78 Å². The van der Waals surface area contributed by atoms with Gasteiger partial charge in [0.1, 0.15) is 34.7 Å². The zero-order valence-electron chi connectivity index (χ0n) is 17.5. The third kappa shape index (κ3) is 4.72. The predicted molar refractivity (Wildman–Crippen MR) is 116 cm³/mol. The molecule has 0 saturated heterocycles. The maximum absolute atomic E-state index is 15.1. The first-order valence-corrected chi connectivity index (χ1v) is 10.7. The molecule has 0 spiro atoms. The van der Waals surface area contributed by atoms with Gasteiger partial charge in [-0.2, -0.15) is 19.6 Å². The van der Waals surface area contributed by atoms with Crippen LogP contribution in [0, 0.1) is 17.6 Å². The van der Waals surface area contributed by atoms with Crippen molar-refractivity contribution in [3.05, 3.63) is 35.2 Å². The molecule has 4 rings (SSSR count). The molecule has 1 N–H and O–H groups in total. The quantitative estimate of drug-likeness (QED) is 0.388. The van der Waals surface area contributed by atoms with Gasteiger partial charge in [0.2, 0.25) is 0 Å². The van der Waals surface area contributed by atoms with Crippen LogP contribution in [0.25, 0.3) is 16.9 Å². The van der Waals surface area contributed by atoms with Crippen LogP contribution in [0.4, 0.5) is 14.6 Å². The monoisotopic (exact) mass is 450 g/mol. The molecule has 0 atom stereocenters. The van der Waals surface area contributed by atoms with Crippen molar-refractivity contribution in [3.8, 4) is 16.9 Å². The summed E-state index contributed by atoms with van der Waals surface area (Å²) in [5.74, 6) is -0.295. The average molecular weight is 451 g/mol. The molecule has 2 aromatic heterocycles. The van der Waals surface area contributed by atoms with Gasteiger partial charge in [-0.1, -0.05) is 18.0 Å². The maximum atomic E-state index is 15.1. The highest BCUT2D eigenvalue weighted by atomic mass is 35.5. The first-order chi connectivity index (χ1) is 14.9. The van der Waals surface area contributed by atoms with Crippen LogP contribution in [0.3, 0.4) is 0 Å². The fourth-order valence-electron chi connectivity index (χ4n) is 3.58. The minimum absolute atomic E-state index is 0.0472. The number of halogens is 3. The highest BCUT2D eigenvalue weighted by Gasteiger charge is 2.25. The van der Waals surface area contributed by atoms with Crippen molar-refractivity contribution in [2.75, 3.05) is 39.1 Å². The number of nitrogens with zero attached hydrogens (tertiary/aromatic N) is 5. The average Bonchev–Trinajstić information content (AvgIpc) is 3.13. The van der Waals surface area contributed by atoms with Crippen LogP contribution in [0.2, 0.25) is 5.15 Å². The topological polar surface area (TPSA) is 67.6 Å². The van der Waals surface area contributed by atoms with Crippen LogP contribution in [0.5, 0.6) is 5.75 Å². The summed E-state index contributed by atoms with van der Waals surface area (Å²) < 4.78 is 37.2. The van der Waals surface area contributed by atoms with Crippen LogP contribution in [-0.4, -0.2) is 58.3 Å². The van der Waals surface area contributed by atoms with Gasteiger partial charge < -0.3 is 15.0 Å². The molecule has 1 aliphatic carbocycles. The fraction of sp³-hybridized carbons (Fsp3) is 0.476. The SMILES string of the molecule is CN(C)CCCOc1cc(F)c(-c2c(Cl)nc3ncnn3c2NCC2CCC2)c(F)c1. The van der Waals surface area contributed by atoms with Gasteiger partial charge in [0.15, 0.2) is 0 Å². The van der Waals surface area contributed by atoms with Crippen LogP contribution in [0.1, 0.15) is 25.7 Å². The first-order valence-electron chi connectivity index (χ1n) is 10.3. The number of fused-ring (bicyclic) bond motifs is 1. The van der Waals surface area contributed by atoms with Gasteiger partial charge in [-0.25, -0.2) is 8.78 Å². The standard InChI is InChI=1S/C21H25ClF2N6O/c1-29(2)7-4-8-31-14-9-15(23)17(16(24)10-14)18-19(22)28-21-26-12-27-30(21)20(18)25-11-13-5-3-6-13/h9-10,12-13,25H,3-8,11H2,1-2H3. The largest absolute Gasteiger partial charge is 0.493 e. The summed E-state index contributed by atoms with van der Waals surface area (Å²) in [6.45, 7) is 1.83. The lowest BCUT2D eigenvalue weighted by Crippen LogP contribution is -2.22. The van der Waals surface area contributed by atoms with E-state index in [9.17, 15) is 0 Å². The molecule has 1 fully saturated rings. The molecule has 3 aromatic rings. The Hall–Kier alpha value is -2.52. The molecule has 0 amide bonds. The summed E-state index contributed by atoms with van der Waals surface area (Å²) in [6.07, 6.45) is 5.49. The van der Waals surface area contributed by atoms with E-state index in [1.807, 2.05) is 19.0 Å². The first kappa shape index (κ1) is 21.7. The Labute approximate surface area is 184 Å². The van der Waals surface area contributed by atoms with Gasteiger partial charge in [0.05, 0.1) is 17.7 Å². The van der Waals surface area contributed by atoms with Gasteiger partial charge in [-0.15, -0.1) is 0 Å². The summed E-state index contributed by atoms with van der Waals surface area (Å²) in [5, 5.41) is 7.38. The minimum Gasteiger partial charge on any atom is -0.493 e. The second-order valence-electron chi connectivity index (χ2n) is 8.04. The number of ether oxygens (including phenoxy) is 1. The van der Waals surface area contributed by atoms with Crippen molar-refractivity contribution in [2.45, 2.75) is 25.7 Å². The predicted octanol–water partition coefficient (Wildman–Crippen LogP) is 4.27. The van der Waals surface area contributed by atoms with Gasteiger partial charge in [0.25, 0.3) is 5.78 Å². The lowest BCUT2D eigenvalue weighted by Gasteiger charge is -2.26.